The highest BCUT2D eigenvalue weighted by atomic mass is 35.5. The molecule has 1 heterocycles. The Bertz CT molecular complexity index is 544. The molecular formula is C12H14ClN3O. The van der Waals surface area contributed by atoms with Crippen molar-refractivity contribution in [3.63, 3.8) is 0 Å². The number of ether oxygens (including phenoxy) is 1. The number of halogens is 1. The highest BCUT2D eigenvalue weighted by Gasteiger charge is 2.14. The molecule has 0 saturated heterocycles. The molecule has 1 aromatic carbocycles. The molecule has 0 unspecified atom stereocenters. The van der Waals surface area contributed by atoms with Gasteiger partial charge >= 0.3 is 0 Å². The average molecular weight is 252 g/mol. The van der Waals surface area contributed by atoms with Crippen molar-refractivity contribution in [1.29, 1.82) is 0 Å². The Morgan fingerprint density at radius 3 is 2.65 bits per heavy atom. The van der Waals surface area contributed by atoms with Gasteiger partial charge < -0.3 is 10.5 Å². The van der Waals surface area contributed by atoms with E-state index < -0.39 is 0 Å². The Hall–Kier alpha value is -1.68. The molecule has 0 atom stereocenters. The number of nitrogens with zero attached hydrogens (tertiary/aromatic N) is 2. The van der Waals surface area contributed by atoms with Crippen LogP contribution in [0.25, 0.3) is 11.3 Å². The number of hydrogen-bond donors (Lipinski definition) is 1. The van der Waals surface area contributed by atoms with E-state index in [4.69, 9.17) is 22.1 Å². The molecule has 0 fully saturated rings. The molecule has 0 aliphatic heterocycles. The van der Waals surface area contributed by atoms with E-state index >= 15 is 0 Å². The second-order valence-corrected chi connectivity index (χ2v) is 4.23. The maximum atomic E-state index is 6.20. The summed E-state index contributed by atoms with van der Waals surface area (Å²) < 4.78 is 6.95. The molecule has 5 heteroatoms. The van der Waals surface area contributed by atoms with E-state index in [0.717, 1.165) is 16.8 Å². The van der Waals surface area contributed by atoms with Crippen LogP contribution < -0.4 is 10.5 Å². The summed E-state index contributed by atoms with van der Waals surface area (Å²) in [6.07, 6.45) is 0. The Morgan fingerprint density at radius 2 is 2.12 bits per heavy atom. The fourth-order valence-electron chi connectivity index (χ4n) is 1.67. The molecule has 2 N–H and O–H groups in total. The summed E-state index contributed by atoms with van der Waals surface area (Å²) in [6, 6.07) is 5.66. The fraction of sp³-hybridized carbons (Fsp3) is 0.250. The second kappa shape index (κ2) is 4.30. The first kappa shape index (κ1) is 11.8. The number of nitrogens with two attached hydrogens (primary N) is 1. The normalized spacial score (nSPS) is 10.6. The van der Waals surface area contributed by atoms with Crippen LogP contribution in [0.4, 0.5) is 5.82 Å². The molecule has 0 amide bonds. The van der Waals surface area contributed by atoms with Gasteiger partial charge in [0.15, 0.2) is 0 Å². The van der Waals surface area contributed by atoms with Crippen molar-refractivity contribution >= 4 is 17.4 Å². The summed E-state index contributed by atoms with van der Waals surface area (Å²) in [4.78, 5) is 0. The molecule has 4 nitrogen and oxygen atoms in total. The Kier molecular flexibility index (Phi) is 2.98. The standard InChI is InChI=1S/C12H14ClN3O/c1-7-4-5-8(12(17-3)11(7)13)9-6-10(14)16(2)15-9/h4-6H,14H2,1-3H3. The van der Waals surface area contributed by atoms with Crippen LogP contribution in [-0.2, 0) is 7.05 Å². The minimum absolute atomic E-state index is 0.596. The number of aryl methyl sites for hydroxylation is 2. The predicted molar refractivity (Wildman–Crippen MR) is 69.4 cm³/mol. The Balaban J connectivity index is 2.63. The van der Waals surface area contributed by atoms with Gasteiger partial charge in [-0.2, -0.15) is 5.10 Å². The van der Waals surface area contributed by atoms with Gasteiger partial charge in [0.05, 0.1) is 17.8 Å². The van der Waals surface area contributed by atoms with Crippen molar-refractivity contribution < 1.29 is 4.74 Å². The number of anilines is 1. The number of nitrogen functional groups attached to an aromatic ring is 1. The molecule has 0 bridgehead atoms. The number of aromatic nitrogens is 2. The van der Waals surface area contributed by atoms with Gasteiger partial charge in [0.25, 0.3) is 0 Å². The minimum Gasteiger partial charge on any atom is -0.494 e. The lowest BCUT2D eigenvalue weighted by Crippen LogP contribution is -1.97. The lowest BCUT2D eigenvalue weighted by Gasteiger charge is -2.10. The first-order valence-corrected chi connectivity index (χ1v) is 5.55. The van der Waals surface area contributed by atoms with E-state index in [2.05, 4.69) is 5.10 Å². The van der Waals surface area contributed by atoms with Gasteiger partial charge in [-0.15, -0.1) is 0 Å². The van der Waals surface area contributed by atoms with Crippen LogP contribution in [0, 0.1) is 6.92 Å². The first-order chi connectivity index (χ1) is 8.04. The van der Waals surface area contributed by atoms with Crippen LogP contribution in [0.3, 0.4) is 0 Å². The maximum Gasteiger partial charge on any atom is 0.147 e. The van der Waals surface area contributed by atoms with E-state index in [9.17, 15) is 0 Å². The lowest BCUT2D eigenvalue weighted by atomic mass is 10.1. The monoisotopic (exact) mass is 251 g/mol. The lowest BCUT2D eigenvalue weighted by molar-refractivity contribution is 0.416. The fourth-order valence-corrected chi connectivity index (χ4v) is 1.91. The molecule has 0 aliphatic rings. The first-order valence-electron chi connectivity index (χ1n) is 5.17. The molecule has 0 spiro atoms. The van der Waals surface area contributed by atoms with Crippen LogP contribution >= 0.6 is 11.6 Å². The largest absolute Gasteiger partial charge is 0.494 e. The molecule has 0 radical (unpaired) electrons. The minimum atomic E-state index is 0.596. The maximum absolute atomic E-state index is 6.20. The van der Waals surface area contributed by atoms with Gasteiger partial charge in [-0.1, -0.05) is 17.7 Å². The summed E-state index contributed by atoms with van der Waals surface area (Å²) in [7, 11) is 3.39. The van der Waals surface area contributed by atoms with Crippen LogP contribution in [-0.4, -0.2) is 16.9 Å². The summed E-state index contributed by atoms with van der Waals surface area (Å²) in [5.41, 5.74) is 8.33. The van der Waals surface area contributed by atoms with Gasteiger partial charge in [-0.3, -0.25) is 4.68 Å². The Labute approximate surface area is 105 Å². The molecule has 2 aromatic rings. The van der Waals surface area contributed by atoms with E-state index in [1.165, 1.54) is 0 Å². The molecule has 17 heavy (non-hydrogen) atoms. The van der Waals surface area contributed by atoms with Crippen molar-refractivity contribution in [3.05, 3.63) is 28.8 Å². The van der Waals surface area contributed by atoms with Crippen LogP contribution in [0.1, 0.15) is 5.56 Å². The van der Waals surface area contributed by atoms with Gasteiger partial charge in [0.1, 0.15) is 11.6 Å². The predicted octanol–water partition coefficient (Wildman–Crippen LogP) is 2.64. The van der Waals surface area contributed by atoms with Gasteiger partial charge in [0, 0.05) is 18.7 Å². The van der Waals surface area contributed by atoms with E-state index in [1.807, 2.05) is 19.1 Å². The average Bonchev–Trinajstić information content (AvgIpc) is 2.62. The van der Waals surface area contributed by atoms with Gasteiger partial charge in [0.2, 0.25) is 0 Å². The van der Waals surface area contributed by atoms with E-state index in [-0.39, 0.29) is 0 Å². The van der Waals surface area contributed by atoms with E-state index in [1.54, 1.807) is 24.9 Å². The number of hydrogen-bond acceptors (Lipinski definition) is 3. The third-order valence-corrected chi connectivity index (χ3v) is 3.16. The zero-order chi connectivity index (χ0) is 12.6. The SMILES string of the molecule is COc1c(-c2cc(N)n(C)n2)ccc(C)c1Cl. The zero-order valence-corrected chi connectivity index (χ0v) is 10.7. The third-order valence-electron chi connectivity index (χ3n) is 2.69. The summed E-state index contributed by atoms with van der Waals surface area (Å²) in [5, 5.41) is 4.92. The van der Waals surface area contributed by atoms with Crippen molar-refractivity contribution in [3.8, 4) is 17.0 Å². The molecule has 0 aliphatic carbocycles. The number of benzene rings is 1. The van der Waals surface area contributed by atoms with Crippen molar-refractivity contribution in [2.75, 3.05) is 12.8 Å². The highest BCUT2D eigenvalue weighted by molar-refractivity contribution is 6.33. The second-order valence-electron chi connectivity index (χ2n) is 3.86. The van der Waals surface area contributed by atoms with Crippen LogP contribution in [0.2, 0.25) is 5.02 Å². The van der Waals surface area contributed by atoms with E-state index in [0.29, 0.717) is 16.6 Å². The quantitative estimate of drug-likeness (QED) is 0.893. The topological polar surface area (TPSA) is 53.1 Å². The number of methoxy groups -OCH3 is 1. The van der Waals surface area contributed by atoms with Gasteiger partial charge in [-0.25, -0.2) is 0 Å². The molecular weight excluding hydrogens is 238 g/mol. The van der Waals surface area contributed by atoms with Gasteiger partial charge in [-0.05, 0) is 18.6 Å². The zero-order valence-electron chi connectivity index (χ0n) is 9.99. The van der Waals surface area contributed by atoms with Crippen molar-refractivity contribution in [1.82, 2.24) is 9.78 Å². The molecule has 0 saturated carbocycles. The Morgan fingerprint density at radius 1 is 1.41 bits per heavy atom. The van der Waals surface area contributed by atoms with Crippen LogP contribution in [0.15, 0.2) is 18.2 Å². The molecule has 1 aromatic heterocycles. The van der Waals surface area contributed by atoms with Crippen molar-refractivity contribution in [2.45, 2.75) is 6.92 Å². The summed E-state index contributed by atoms with van der Waals surface area (Å²) >= 11 is 6.20. The smallest absolute Gasteiger partial charge is 0.147 e. The number of rotatable bonds is 2. The molecule has 2 rings (SSSR count). The van der Waals surface area contributed by atoms with Crippen LogP contribution in [0.5, 0.6) is 5.75 Å². The highest BCUT2D eigenvalue weighted by Crippen LogP contribution is 2.37. The third kappa shape index (κ3) is 1.96. The molecule has 90 valence electrons. The van der Waals surface area contributed by atoms with Crippen molar-refractivity contribution in [2.24, 2.45) is 7.05 Å². The summed E-state index contributed by atoms with van der Waals surface area (Å²) in [5.74, 6) is 1.23. The summed E-state index contributed by atoms with van der Waals surface area (Å²) in [6.45, 7) is 1.93.